The summed E-state index contributed by atoms with van der Waals surface area (Å²) in [6, 6.07) is 2.46. The van der Waals surface area contributed by atoms with Gasteiger partial charge in [-0.3, -0.25) is 4.90 Å². The van der Waals surface area contributed by atoms with E-state index in [2.05, 4.69) is 14.8 Å². The second-order valence-corrected chi connectivity index (χ2v) is 5.09. The number of ether oxygens (including phenoxy) is 1. The molecule has 1 aromatic rings. The predicted molar refractivity (Wildman–Crippen MR) is 68.6 cm³/mol. The lowest BCUT2D eigenvalue weighted by molar-refractivity contribution is -0.137. The van der Waals surface area contributed by atoms with Crippen LogP contribution in [0.2, 0.25) is 0 Å². The van der Waals surface area contributed by atoms with Crippen LogP contribution in [-0.4, -0.2) is 61.2 Å². The number of aromatic nitrogens is 1. The fourth-order valence-electron chi connectivity index (χ4n) is 2.10. The molecule has 112 valence electrons. The molecule has 0 radical (unpaired) electrons. The summed E-state index contributed by atoms with van der Waals surface area (Å²) in [4.78, 5) is 8.09. The topological polar surface area (TPSA) is 28.6 Å². The molecule has 0 amide bonds. The van der Waals surface area contributed by atoms with Gasteiger partial charge < -0.3 is 9.64 Å². The molecule has 1 aromatic heterocycles. The minimum Gasteiger partial charge on any atom is -0.476 e. The van der Waals surface area contributed by atoms with E-state index in [1.165, 1.54) is 6.07 Å². The van der Waals surface area contributed by atoms with E-state index < -0.39 is 11.7 Å². The molecule has 1 saturated heterocycles. The van der Waals surface area contributed by atoms with Crippen molar-refractivity contribution in [1.29, 1.82) is 0 Å². The molecule has 0 bridgehead atoms. The number of nitrogens with zero attached hydrogens (tertiary/aromatic N) is 3. The molecule has 4 nitrogen and oxygen atoms in total. The second kappa shape index (κ2) is 5.97. The van der Waals surface area contributed by atoms with Gasteiger partial charge in [0.2, 0.25) is 5.88 Å². The van der Waals surface area contributed by atoms with Crippen LogP contribution in [0.5, 0.6) is 5.88 Å². The van der Waals surface area contributed by atoms with Crippen LogP contribution in [0.3, 0.4) is 0 Å². The highest BCUT2D eigenvalue weighted by Gasteiger charge is 2.30. The Labute approximate surface area is 116 Å². The third kappa shape index (κ3) is 3.83. The number of hydrogen-bond acceptors (Lipinski definition) is 4. The minimum atomic E-state index is -4.36. The summed E-state index contributed by atoms with van der Waals surface area (Å²) >= 11 is 0. The Kier molecular flexibility index (Phi) is 4.49. The average molecular weight is 289 g/mol. The van der Waals surface area contributed by atoms with E-state index >= 15 is 0 Å². The summed E-state index contributed by atoms with van der Waals surface area (Å²) in [5.74, 6) is 0.222. The first kappa shape index (κ1) is 15.1. The maximum atomic E-state index is 12.4. The molecule has 0 aliphatic carbocycles. The largest absolute Gasteiger partial charge is 0.476 e. The van der Waals surface area contributed by atoms with Gasteiger partial charge in [0, 0.05) is 31.9 Å². The third-order valence-corrected chi connectivity index (χ3v) is 3.47. The van der Waals surface area contributed by atoms with Crippen molar-refractivity contribution < 1.29 is 17.9 Å². The molecule has 1 fully saturated rings. The average Bonchev–Trinajstić information content (AvgIpc) is 2.39. The van der Waals surface area contributed by atoms with Crippen LogP contribution >= 0.6 is 0 Å². The molecule has 7 heteroatoms. The first-order chi connectivity index (χ1) is 9.36. The Morgan fingerprint density at radius 3 is 2.65 bits per heavy atom. The zero-order chi connectivity index (χ0) is 14.8. The summed E-state index contributed by atoms with van der Waals surface area (Å²) < 4.78 is 42.7. The van der Waals surface area contributed by atoms with Crippen LogP contribution in [0, 0.1) is 0 Å². The highest BCUT2D eigenvalue weighted by atomic mass is 19.4. The first-order valence-electron chi connectivity index (χ1n) is 6.41. The Hall–Kier alpha value is -1.34. The summed E-state index contributed by atoms with van der Waals surface area (Å²) in [5, 5.41) is 0. The monoisotopic (exact) mass is 289 g/mol. The minimum absolute atomic E-state index is 0.220. The van der Waals surface area contributed by atoms with Crippen molar-refractivity contribution in [2.24, 2.45) is 0 Å². The molecule has 0 spiro atoms. The Balaban J connectivity index is 1.90. The zero-order valence-corrected chi connectivity index (χ0v) is 11.5. The van der Waals surface area contributed by atoms with Gasteiger partial charge >= 0.3 is 6.18 Å². The van der Waals surface area contributed by atoms with E-state index in [9.17, 15) is 13.2 Å². The highest BCUT2D eigenvalue weighted by Crippen LogP contribution is 2.29. The van der Waals surface area contributed by atoms with Gasteiger partial charge in [0.15, 0.2) is 0 Å². The van der Waals surface area contributed by atoms with E-state index in [0.29, 0.717) is 6.61 Å². The highest BCUT2D eigenvalue weighted by molar-refractivity contribution is 5.20. The number of piperazine rings is 1. The molecular weight excluding hydrogens is 271 g/mol. The van der Waals surface area contributed by atoms with Crippen molar-refractivity contribution in [3.63, 3.8) is 0 Å². The Morgan fingerprint density at radius 2 is 2.05 bits per heavy atom. The summed E-state index contributed by atoms with van der Waals surface area (Å²) in [6.45, 7) is 3.24. The van der Waals surface area contributed by atoms with Crippen LogP contribution in [-0.2, 0) is 6.18 Å². The van der Waals surface area contributed by atoms with Crippen LogP contribution in [0.25, 0.3) is 0 Å². The number of alkyl halides is 3. The standard InChI is InChI=1S/C13H18F3N3O/c1-18-5-6-19(2)11(8-18)9-20-12-4-3-10(7-17-12)13(14,15)16/h3-4,7,11H,5-6,8-9H2,1-2H3. The molecule has 20 heavy (non-hydrogen) atoms. The second-order valence-electron chi connectivity index (χ2n) is 5.09. The fourth-order valence-corrected chi connectivity index (χ4v) is 2.10. The molecular formula is C13H18F3N3O. The van der Waals surface area contributed by atoms with Crippen molar-refractivity contribution in [2.75, 3.05) is 40.3 Å². The Morgan fingerprint density at radius 1 is 1.30 bits per heavy atom. The molecule has 1 atom stereocenters. The van der Waals surface area contributed by atoms with Gasteiger partial charge in [0.1, 0.15) is 6.61 Å². The smallest absolute Gasteiger partial charge is 0.417 e. The van der Waals surface area contributed by atoms with Crippen LogP contribution < -0.4 is 4.74 Å². The molecule has 2 heterocycles. The maximum Gasteiger partial charge on any atom is 0.417 e. The number of likely N-dealkylation sites (N-methyl/N-ethyl adjacent to an activating group) is 2. The van der Waals surface area contributed by atoms with Crippen LogP contribution in [0.4, 0.5) is 13.2 Å². The van der Waals surface area contributed by atoms with Gasteiger partial charge in [-0.1, -0.05) is 0 Å². The lowest BCUT2D eigenvalue weighted by atomic mass is 10.2. The van der Waals surface area contributed by atoms with Gasteiger partial charge in [-0.25, -0.2) is 4.98 Å². The van der Waals surface area contributed by atoms with Crippen LogP contribution in [0.1, 0.15) is 5.56 Å². The van der Waals surface area contributed by atoms with Gasteiger partial charge in [0.05, 0.1) is 11.6 Å². The lowest BCUT2D eigenvalue weighted by Crippen LogP contribution is -2.52. The number of hydrogen-bond donors (Lipinski definition) is 0. The zero-order valence-electron chi connectivity index (χ0n) is 11.5. The Bertz CT molecular complexity index is 435. The van der Waals surface area contributed by atoms with E-state index in [1.54, 1.807) is 0 Å². The van der Waals surface area contributed by atoms with Gasteiger partial charge in [-0.2, -0.15) is 13.2 Å². The quantitative estimate of drug-likeness (QED) is 0.847. The number of rotatable bonds is 3. The number of halogens is 3. The van der Waals surface area contributed by atoms with E-state index in [0.717, 1.165) is 31.9 Å². The van der Waals surface area contributed by atoms with Crippen molar-refractivity contribution in [3.8, 4) is 5.88 Å². The molecule has 2 rings (SSSR count). The van der Waals surface area contributed by atoms with E-state index in [-0.39, 0.29) is 11.9 Å². The third-order valence-electron chi connectivity index (χ3n) is 3.47. The van der Waals surface area contributed by atoms with Crippen molar-refractivity contribution in [2.45, 2.75) is 12.2 Å². The predicted octanol–water partition coefficient (Wildman–Crippen LogP) is 1.72. The molecule has 1 unspecified atom stereocenters. The first-order valence-corrected chi connectivity index (χ1v) is 6.41. The molecule has 0 N–H and O–H groups in total. The van der Waals surface area contributed by atoms with Gasteiger partial charge in [-0.15, -0.1) is 0 Å². The van der Waals surface area contributed by atoms with E-state index in [4.69, 9.17) is 4.74 Å². The van der Waals surface area contributed by atoms with Crippen molar-refractivity contribution >= 4 is 0 Å². The molecule has 1 aliphatic rings. The summed E-state index contributed by atoms with van der Waals surface area (Å²) in [7, 11) is 4.05. The van der Waals surface area contributed by atoms with Crippen molar-refractivity contribution in [3.05, 3.63) is 23.9 Å². The maximum absolute atomic E-state index is 12.4. The van der Waals surface area contributed by atoms with Gasteiger partial charge in [0.25, 0.3) is 0 Å². The lowest BCUT2D eigenvalue weighted by Gasteiger charge is -2.37. The van der Waals surface area contributed by atoms with E-state index in [1.807, 2.05) is 14.1 Å². The summed E-state index contributed by atoms with van der Waals surface area (Å²) in [5.41, 5.74) is -0.764. The van der Waals surface area contributed by atoms with Gasteiger partial charge in [-0.05, 0) is 20.2 Å². The summed E-state index contributed by atoms with van der Waals surface area (Å²) in [6.07, 6.45) is -3.57. The number of pyridine rings is 1. The fraction of sp³-hybridized carbons (Fsp3) is 0.615. The molecule has 1 aliphatic heterocycles. The molecule has 0 aromatic carbocycles. The van der Waals surface area contributed by atoms with Crippen LogP contribution in [0.15, 0.2) is 18.3 Å². The SMILES string of the molecule is CN1CCN(C)C(COc2ccc(C(F)(F)F)cn2)C1. The molecule has 0 saturated carbocycles. The normalized spacial score (nSPS) is 21.9. The van der Waals surface area contributed by atoms with Crippen molar-refractivity contribution in [1.82, 2.24) is 14.8 Å².